The molecule has 0 bridgehead atoms. The van der Waals surface area contributed by atoms with E-state index in [0.29, 0.717) is 6.04 Å². The average Bonchev–Trinajstić information content (AvgIpc) is 2.44. The first kappa shape index (κ1) is 16.8. The molecular formula is C18H21ClIN. The lowest BCUT2D eigenvalue weighted by molar-refractivity contribution is 0.545. The monoisotopic (exact) mass is 413 g/mol. The summed E-state index contributed by atoms with van der Waals surface area (Å²) in [5.74, 6) is 0. The summed E-state index contributed by atoms with van der Waals surface area (Å²) in [7, 11) is 0. The van der Waals surface area contributed by atoms with Crippen LogP contribution in [0.1, 0.15) is 35.2 Å². The summed E-state index contributed by atoms with van der Waals surface area (Å²) in [4.78, 5) is 0. The van der Waals surface area contributed by atoms with Crippen LogP contribution in [0.3, 0.4) is 0 Å². The maximum Gasteiger partial charge on any atom is 0.0410 e. The summed E-state index contributed by atoms with van der Waals surface area (Å²) in [5.41, 5.74) is 5.43. The molecule has 0 aliphatic heterocycles. The Balaban J connectivity index is 2.38. The zero-order valence-electron chi connectivity index (χ0n) is 12.7. The zero-order chi connectivity index (χ0) is 15.4. The van der Waals surface area contributed by atoms with Crippen LogP contribution in [-0.2, 0) is 6.42 Å². The Morgan fingerprint density at radius 1 is 1.14 bits per heavy atom. The van der Waals surface area contributed by atoms with Crippen molar-refractivity contribution in [2.45, 2.75) is 33.2 Å². The Hall–Kier alpha value is -0.580. The van der Waals surface area contributed by atoms with E-state index in [4.69, 9.17) is 11.6 Å². The van der Waals surface area contributed by atoms with Gasteiger partial charge < -0.3 is 5.32 Å². The highest BCUT2D eigenvalue weighted by Gasteiger charge is 2.16. The van der Waals surface area contributed by atoms with E-state index < -0.39 is 0 Å². The normalized spacial score (nSPS) is 12.4. The largest absolute Gasteiger partial charge is 0.310 e. The van der Waals surface area contributed by atoms with E-state index in [2.05, 4.69) is 79.0 Å². The van der Waals surface area contributed by atoms with Gasteiger partial charge >= 0.3 is 0 Å². The molecule has 3 heteroatoms. The van der Waals surface area contributed by atoms with Crippen molar-refractivity contribution in [3.05, 3.63) is 67.2 Å². The van der Waals surface area contributed by atoms with Crippen LogP contribution in [0.25, 0.3) is 0 Å². The second kappa shape index (κ2) is 7.61. The third-order valence-corrected chi connectivity index (χ3v) is 5.05. The van der Waals surface area contributed by atoms with Crippen molar-refractivity contribution >= 4 is 34.2 Å². The molecule has 2 rings (SSSR count). The lowest BCUT2D eigenvalue weighted by Gasteiger charge is -2.22. The van der Waals surface area contributed by atoms with Crippen LogP contribution < -0.4 is 5.32 Å². The molecular weight excluding hydrogens is 393 g/mol. The van der Waals surface area contributed by atoms with Gasteiger partial charge in [-0.15, -0.1) is 0 Å². The number of halogens is 2. The summed E-state index contributed by atoms with van der Waals surface area (Å²) in [5, 5.41) is 4.41. The van der Waals surface area contributed by atoms with Crippen molar-refractivity contribution in [2.75, 3.05) is 6.54 Å². The van der Waals surface area contributed by atoms with Crippen LogP contribution in [0.15, 0.2) is 36.4 Å². The molecule has 0 aromatic heterocycles. The van der Waals surface area contributed by atoms with Gasteiger partial charge in [-0.3, -0.25) is 0 Å². The van der Waals surface area contributed by atoms with Crippen molar-refractivity contribution in [1.29, 1.82) is 0 Å². The molecule has 0 aliphatic carbocycles. The van der Waals surface area contributed by atoms with Crippen LogP contribution >= 0.6 is 34.2 Å². The van der Waals surface area contributed by atoms with E-state index in [9.17, 15) is 0 Å². The van der Waals surface area contributed by atoms with Gasteiger partial charge in [0, 0.05) is 14.6 Å². The SMILES string of the molecule is CCNC(Cc1c(C)cccc1C)c1cc(Cl)ccc1I. The van der Waals surface area contributed by atoms with Crippen LogP contribution in [0.2, 0.25) is 5.02 Å². The Morgan fingerprint density at radius 2 is 1.81 bits per heavy atom. The van der Waals surface area contributed by atoms with Gasteiger partial charge in [0.1, 0.15) is 0 Å². The van der Waals surface area contributed by atoms with Crippen molar-refractivity contribution in [2.24, 2.45) is 0 Å². The maximum absolute atomic E-state index is 6.20. The molecule has 0 radical (unpaired) electrons. The van der Waals surface area contributed by atoms with Crippen molar-refractivity contribution < 1.29 is 0 Å². The molecule has 2 aromatic carbocycles. The quantitative estimate of drug-likeness (QED) is 0.642. The molecule has 0 fully saturated rings. The second-order valence-electron chi connectivity index (χ2n) is 5.35. The van der Waals surface area contributed by atoms with E-state index in [1.54, 1.807) is 0 Å². The van der Waals surface area contributed by atoms with E-state index >= 15 is 0 Å². The van der Waals surface area contributed by atoms with Crippen LogP contribution in [0.4, 0.5) is 0 Å². The Bertz CT molecular complexity index is 604. The van der Waals surface area contributed by atoms with Crippen LogP contribution in [0.5, 0.6) is 0 Å². The van der Waals surface area contributed by atoms with E-state index in [0.717, 1.165) is 18.0 Å². The lowest BCUT2D eigenvalue weighted by Crippen LogP contribution is -2.24. The topological polar surface area (TPSA) is 12.0 Å². The molecule has 0 heterocycles. The van der Waals surface area contributed by atoms with E-state index in [-0.39, 0.29) is 0 Å². The van der Waals surface area contributed by atoms with E-state index in [1.165, 1.54) is 25.8 Å². The maximum atomic E-state index is 6.20. The van der Waals surface area contributed by atoms with Crippen molar-refractivity contribution in [3.63, 3.8) is 0 Å². The molecule has 1 atom stereocenters. The number of hydrogen-bond donors (Lipinski definition) is 1. The van der Waals surface area contributed by atoms with Crippen LogP contribution in [0, 0.1) is 17.4 Å². The average molecular weight is 414 g/mol. The van der Waals surface area contributed by atoms with Gasteiger partial charge in [-0.05, 0) is 89.9 Å². The molecule has 0 spiro atoms. The van der Waals surface area contributed by atoms with Crippen molar-refractivity contribution in [3.8, 4) is 0 Å². The van der Waals surface area contributed by atoms with Gasteiger partial charge in [-0.25, -0.2) is 0 Å². The lowest BCUT2D eigenvalue weighted by atomic mass is 9.93. The predicted molar refractivity (Wildman–Crippen MR) is 100 cm³/mol. The molecule has 0 saturated carbocycles. The van der Waals surface area contributed by atoms with Crippen LogP contribution in [-0.4, -0.2) is 6.54 Å². The Morgan fingerprint density at radius 3 is 2.43 bits per heavy atom. The highest BCUT2D eigenvalue weighted by molar-refractivity contribution is 14.1. The number of aryl methyl sites for hydroxylation is 2. The Kier molecular flexibility index (Phi) is 6.08. The molecule has 21 heavy (non-hydrogen) atoms. The fourth-order valence-electron chi connectivity index (χ4n) is 2.70. The first-order valence-corrected chi connectivity index (χ1v) is 8.72. The summed E-state index contributed by atoms with van der Waals surface area (Å²) in [6, 6.07) is 12.9. The molecule has 1 unspecified atom stereocenters. The molecule has 1 nitrogen and oxygen atoms in total. The van der Waals surface area contributed by atoms with Crippen molar-refractivity contribution in [1.82, 2.24) is 5.32 Å². The smallest absolute Gasteiger partial charge is 0.0410 e. The standard InChI is InChI=1S/C18H21ClIN/c1-4-21-18(16-10-14(19)8-9-17(16)20)11-15-12(2)6-5-7-13(15)3/h5-10,18,21H,4,11H2,1-3H3. The molecule has 1 N–H and O–H groups in total. The predicted octanol–water partition coefficient (Wildman–Crippen LogP) is 5.45. The molecule has 0 saturated heterocycles. The van der Waals surface area contributed by atoms with Gasteiger partial charge in [0.25, 0.3) is 0 Å². The van der Waals surface area contributed by atoms with Gasteiger partial charge in [-0.2, -0.15) is 0 Å². The summed E-state index contributed by atoms with van der Waals surface area (Å²) in [6.45, 7) is 7.47. The molecule has 0 aliphatic rings. The number of rotatable bonds is 5. The number of benzene rings is 2. The van der Waals surface area contributed by atoms with Gasteiger partial charge in [-0.1, -0.05) is 36.7 Å². The van der Waals surface area contributed by atoms with Gasteiger partial charge in [0.2, 0.25) is 0 Å². The number of nitrogens with one attached hydrogen (secondary N) is 1. The first-order chi connectivity index (χ1) is 10.0. The Labute approximate surface area is 146 Å². The highest BCUT2D eigenvalue weighted by atomic mass is 127. The second-order valence-corrected chi connectivity index (χ2v) is 6.95. The minimum absolute atomic E-state index is 0.292. The third-order valence-electron chi connectivity index (χ3n) is 3.84. The first-order valence-electron chi connectivity index (χ1n) is 7.26. The summed E-state index contributed by atoms with van der Waals surface area (Å²) >= 11 is 8.59. The summed E-state index contributed by atoms with van der Waals surface area (Å²) in [6.07, 6.45) is 0.989. The molecule has 0 amide bonds. The fraction of sp³-hybridized carbons (Fsp3) is 0.333. The zero-order valence-corrected chi connectivity index (χ0v) is 15.6. The number of hydrogen-bond acceptors (Lipinski definition) is 1. The minimum atomic E-state index is 0.292. The fourth-order valence-corrected chi connectivity index (χ4v) is 3.59. The van der Waals surface area contributed by atoms with E-state index in [1.807, 2.05) is 6.07 Å². The van der Waals surface area contributed by atoms with Gasteiger partial charge in [0.15, 0.2) is 0 Å². The number of likely N-dealkylation sites (N-methyl/N-ethyl adjacent to an activating group) is 1. The third kappa shape index (κ3) is 4.21. The highest BCUT2D eigenvalue weighted by Crippen LogP contribution is 2.28. The molecule has 112 valence electrons. The summed E-state index contributed by atoms with van der Waals surface area (Å²) < 4.78 is 1.26. The molecule has 2 aromatic rings. The van der Waals surface area contributed by atoms with Gasteiger partial charge in [0.05, 0.1) is 0 Å². The minimum Gasteiger partial charge on any atom is -0.310 e.